The van der Waals surface area contributed by atoms with Crippen LogP contribution in [0.2, 0.25) is 0 Å². The number of rotatable bonds is 6. The smallest absolute Gasteiger partial charge is 0.0762 e. The molecule has 0 radical (unpaired) electrons. The minimum atomic E-state index is -0.422. The van der Waals surface area contributed by atoms with Crippen LogP contribution in [0.15, 0.2) is 22.7 Å². The Kier molecular flexibility index (Phi) is 6.12. The van der Waals surface area contributed by atoms with Crippen molar-refractivity contribution in [3.8, 4) is 0 Å². The highest BCUT2D eigenvalue weighted by atomic mass is 79.9. The largest absolute Gasteiger partial charge is 0.389 e. The zero-order valence-electron chi connectivity index (χ0n) is 11.7. The number of hydrogen-bond acceptors (Lipinski definition) is 3. The van der Waals surface area contributed by atoms with E-state index in [0.29, 0.717) is 0 Å². The monoisotopic (exact) mass is 314 g/mol. The van der Waals surface area contributed by atoms with Crippen molar-refractivity contribution in [2.45, 2.75) is 19.4 Å². The molecular weight excluding hydrogens is 292 g/mol. The summed E-state index contributed by atoms with van der Waals surface area (Å²) in [7, 11) is 6.28. The van der Waals surface area contributed by atoms with Gasteiger partial charge < -0.3 is 14.9 Å². The Morgan fingerprint density at radius 1 is 1.22 bits per heavy atom. The second-order valence-electron chi connectivity index (χ2n) is 4.97. The summed E-state index contributed by atoms with van der Waals surface area (Å²) in [5, 5.41) is 9.54. The van der Waals surface area contributed by atoms with Gasteiger partial charge in [-0.05, 0) is 67.6 Å². The topological polar surface area (TPSA) is 26.7 Å². The van der Waals surface area contributed by atoms with E-state index in [1.54, 1.807) is 6.92 Å². The van der Waals surface area contributed by atoms with Crippen molar-refractivity contribution in [2.75, 3.05) is 39.1 Å². The molecule has 4 heteroatoms. The van der Waals surface area contributed by atoms with Gasteiger partial charge in [-0.3, -0.25) is 0 Å². The summed E-state index contributed by atoms with van der Waals surface area (Å²) in [6, 6.07) is 6.03. The minimum Gasteiger partial charge on any atom is -0.389 e. The third-order valence-corrected chi connectivity index (χ3v) is 3.60. The molecule has 102 valence electrons. The van der Waals surface area contributed by atoms with Crippen molar-refractivity contribution in [2.24, 2.45) is 0 Å². The summed E-state index contributed by atoms with van der Waals surface area (Å²) in [6.07, 6.45) is 0.711. The second kappa shape index (κ2) is 7.12. The minimum absolute atomic E-state index is 0.422. The summed E-state index contributed by atoms with van der Waals surface area (Å²) >= 11 is 3.57. The summed E-state index contributed by atoms with van der Waals surface area (Å²) in [5.41, 5.74) is 2.10. The lowest BCUT2D eigenvalue weighted by Crippen LogP contribution is -2.23. The fraction of sp³-hybridized carbons (Fsp3) is 0.571. The van der Waals surface area contributed by atoms with E-state index in [1.165, 1.54) is 0 Å². The maximum atomic E-state index is 9.54. The summed E-state index contributed by atoms with van der Waals surface area (Å²) < 4.78 is 1.04. The van der Waals surface area contributed by atoms with E-state index in [4.69, 9.17) is 0 Å². The van der Waals surface area contributed by atoms with Crippen LogP contribution in [0.25, 0.3) is 0 Å². The van der Waals surface area contributed by atoms with Crippen LogP contribution in [-0.2, 0) is 0 Å². The first-order valence-corrected chi connectivity index (χ1v) is 7.04. The maximum absolute atomic E-state index is 9.54. The van der Waals surface area contributed by atoms with Gasteiger partial charge in [0.05, 0.1) is 11.8 Å². The maximum Gasteiger partial charge on any atom is 0.0762 e. The molecule has 0 aliphatic rings. The Hall–Kier alpha value is -0.580. The first-order chi connectivity index (χ1) is 8.41. The lowest BCUT2D eigenvalue weighted by Gasteiger charge is -2.22. The lowest BCUT2D eigenvalue weighted by atomic mass is 10.1. The van der Waals surface area contributed by atoms with Crippen LogP contribution in [0, 0.1) is 0 Å². The van der Waals surface area contributed by atoms with Gasteiger partial charge >= 0.3 is 0 Å². The van der Waals surface area contributed by atoms with Gasteiger partial charge in [0, 0.05) is 18.1 Å². The molecule has 1 atom stereocenters. The fourth-order valence-electron chi connectivity index (χ4n) is 1.84. The molecule has 1 rings (SSSR count). The lowest BCUT2D eigenvalue weighted by molar-refractivity contribution is 0.199. The predicted molar refractivity (Wildman–Crippen MR) is 81.2 cm³/mol. The van der Waals surface area contributed by atoms with E-state index in [-0.39, 0.29) is 0 Å². The molecule has 18 heavy (non-hydrogen) atoms. The molecule has 0 aromatic heterocycles. The van der Waals surface area contributed by atoms with Crippen LogP contribution in [0.1, 0.15) is 25.0 Å². The van der Waals surface area contributed by atoms with Gasteiger partial charge in [0.1, 0.15) is 0 Å². The number of halogens is 1. The number of aliphatic hydroxyl groups excluding tert-OH is 1. The van der Waals surface area contributed by atoms with Gasteiger partial charge in [0.25, 0.3) is 0 Å². The summed E-state index contributed by atoms with van der Waals surface area (Å²) in [4.78, 5) is 4.43. The first-order valence-electron chi connectivity index (χ1n) is 6.25. The molecule has 0 spiro atoms. The summed E-state index contributed by atoms with van der Waals surface area (Å²) in [6.45, 7) is 3.89. The standard InChI is InChI=1S/C14H23BrN2O/c1-11(18)12-6-7-14(13(15)10-12)17(4)9-5-8-16(2)3/h6-7,10-11,18H,5,8-9H2,1-4H3/t11-/m0/s1. The highest BCUT2D eigenvalue weighted by Gasteiger charge is 2.08. The van der Waals surface area contributed by atoms with Crippen molar-refractivity contribution in [3.05, 3.63) is 28.2 Å². The first kappa shape index (κ1) is 15.5. The predicted octanol–water partition coefficient (Wildman–Crippen LogP) is 2.89. The average Bonchev–Trinajstić information content (AvgIpc) is 2.27. The van der Waals surface area contributed by atoms with Crippen LogP contribution >= 0.6 is 15.9 Å². The van der Waals surface area contributed by atoms with Crippen molar-refractivity contribution in [1.29, 1.82) is 0 Å². The Morgan fingerprint density at radius 3 is 2.39 bits per heavy atom. The fourth-order valence-corrected chi connectivity index (χ4v) is 2.54. The average molecular weight is 315 g/mol. The van der Waals surface area contributed by atoms with E-state index in [0.717, 1.165) is 35.2 Å². The summed E-state index contributed by atoms with van der Waals surface area (Å²) in [5.74, 6) is 0. The van der Waals surface area contributed by atoms with Gasteiger partial charge in [-0.2, -0.15) is 0 Å². The van der Waals surface area contributed by atoms with Crippen molar-refractivity contribution >= 4 is 21.6 Å². The molecule has 0 heterocycles. The third-order valence-electron chi connectivity index (χ3n) is 2.96. The van der Waals surface area contributed by atoms with Gasteiger partial charge in [0.15, 0.2) is 0 Å². The Labute approximate surface area is 119 Å². The molecule has 0 unspecified atom stereocenters. The number of anilines is 1. The quantitative estimate of drug-likeness (QED) is 0.874. The Balaban J connectivity index is 2.65. The van der Waals surface area contributed by atoms with E-state index in [9.17, 15) is 5.11 Å². The van der Waals surface area contributed by atoms with Crippen molar-refractivity contribution in [3.63, 3.8) is 0 Å². The van der Waals surface area contributed by atoms with Crippen LogP contribution in [-0.4, -0.2) is 44.2 Å². The van der Waals surface area contributed by atoms with Gasteiger partial charge in [-0.15, -0.1) is 0 Å². The number of aliphatic hydroxyl groups is 1. The molecule has 0 bridgehead atoms. The Morgan fingerprint density at radius 2 is 1.89 bits per heavy atom. The highest BCUT2D eigenvalue weighted by molar-refractivity contribution is 9.10. The second-order valence-corrected chi connectivity index (χ2v) is 5.82. The molecule has 0 fully saturated rings. The van der Waals surface area contributed by atoms with E-state index in [2.05, 4.69) is 52.9 Å². The molecule has 0 aliphatic heterocycles. The van der Waals surface area contributed by atoms with Gasteiger partial charge in [0.2, 0.25) is 0 Å². The SMILES string of the molecule is C[C@H](O)c1ccc(N(C)CCCN(C)C)c(Br)c1. The molecule has 0 saturated heterocycles. The molecule has 3 nitrogen and oxygen atoms in total. The van der Waals surface area contributed by atoms with Crippen LogP contribution in [0.4, 0.5) is 5.69 Å². The molecule has 1 N–H and O–H groups in total. The van der Waals surface area contributed by atoms with Crippen molar-refractivity contribution in [1.82, 2.24) is 4.90 Å². The van der Waals surface area contributed by atoms with Gasteiger partial charge in [-0.25, -0.2) is 0 Å². The molecular formula is C14H23BrN2O. The van der Waals surface area contributed by atoms with Gasteiger partial charge in [-0.1, -0.05) is 6.07 Å². The van der Waals surface area contributed by atoms with E-state index < -0.39 is 6.10 Å². The van der Waals surface area contributed by atoms with Crippen molar-refractivity contribution < 1.29 is 5.11 Å². The highest BCUT2D eigenvalue weighted by Crippen LogP contribution is 2.28. The van der Waals surface area contributed by atoms with E-state index in [1.807, 2.05) is 12.1 Å². The van der Waals surface area contributed by atoms with Crippen LogP contribution < -0.4 is 4.90 Å². The zero-order valence-corrected chi connectivity index (χ0v) is 13.2. The molecule has 1 aromatic carbocycles. The number of hydrogen-bond donors (Lipinski definition) is 1. The number of benzene rings is 1. The zero-order chi connectivity index (χ0) is 13.7. The normalized spacial score (nSPS) is 12.8. The third kappa shape index (κ3) is 4.59. The molecule has 0 saturated carbocycles. The van der Waals surface area contributed by atoms with E-state index >= 15 is 0 Å². The molecule has 1 aromatic rings. The Bertz CT molecular complexity index is 380. The van der Waals surface area contributed by atoms with Crippen LogP contribution in [0.3, 0.4) is 0 Å². The molecule has 0 amide bonds. The van der Waals surface area contributed by atoms with Crippen LogP contribution in [0.5, 0.6) is 0 Å². The molecule has 0 aliphatic carbocycles. The number of nitrogens with zero attached hydrogens (tertiary/aromatic N) is 2.